The highest BCUT2D eigenvalue weighted by Crippen LogP contribution is 2.36. The minimum Gasteiger partial charge on any atom is -0.481 e. The van der Waals surface area contributed by atoms with Gasteiger partial charge in [0.15, 0.2) is 5.78 Å². The van der Waals surface area contributed by atoms with Crippen molar-refractivity contribution < 1.29 is 82.0 Å². The summed E-state index contributed by atoms with van der Waals surface area (Å²) < 4.78 is 17.8. The van der Waals surface area contributed by atoms with Gasteiger partial charge in [0, 0.05) is 117 Å². The van der Waals surface area contributed by atoms with Crippen LogP contribution in [0.25, 0.3) is 0 Å². The number of Topliss-reactive ketones (excluding diaryl/α,β-unsaturated/α-hetero) is 3. The van der Waals surface area contributed by atoms with Gasteiger partial charge in [-0.25, -0.2) is 9.59 Å². The van der Waals surface area contributed by atoms with Gasteiger partial charge in [-0.05, 0) is 121 Å². The van der Waals surface area contributed by atoms with Crippen LogP contribution in [-0.2, 0) is 73.4 Å². The largest absolute Gasteiger partial charge is 0.481 e. The highest BCUT2D eigenvalue weighted by atomic mass is 16.6. The number of carboxylic acid groups (broad SMARTS) is 2. The van der Waals surface area contributed by atoms with Crippen molar-refractivity contribution in [2.24, 2.45) is 52.8 Å². The van der Waals surface area contributed by atoms with E-state index in [2.05, 4.69) is 10.6 Å². The first-order chi connectivity index (χ1) is 45.8. The summed E-state index contributed by atoms with van der Waals surface area (Å²) in [5.74, 6) is -10.5. The van der Waals surface area contributed by atoms with Crippen LogP contribution in [0.1, 0.15) is 198 Å². The Morgan fingerprint density at radius 1 is 0.735 bits per heavy atom. The van der Waals surface area contributed by atoms with E-state index in [1.165, 1.54) is 14.2 Å². The molecule has 554 valence electrons. The first-order valence-corrected chi connectivity index (χ1v) is 35.5. The van der Waals surface area contributed by atoms with Crippen molar-refractivity contribution in [1.29, 1.82) is 0 Å². The molecule has 1 aromatic carbocycles. The van der Waals surface area contributed by atoms with Crippen LogP contribution in [0.3, 0.4) is 0 Å². The number of aliphatic carboxylic acids is 2. The van der Waals surface area contributed by atoms with Crippen LogP contribution in [0, 0.1) is 52.8 Å². The second kappa shape index (κ2) is 40.6. The summed E-state index contributed by atoms with van der Waals surface area (Å²) >= 11 is 0. The Kier molecular flexibility index (Phi) is 35.4. The first kappa shape index (κ1) is 85.6. The topological polar surface area (TPSA) is 313 Å². The predicted molar refractivity (Wildman–Crippen MR) is 372 cm³/mol. The third kappa shape index (κ3) is 26.8. The lowest BCUT2D eigenvalue weighted by Gasteiger charge is -2.41. The number of hydrogen-bond acceptors (Lipinski definition) is 16. The Labute approximate surface area is 583 Å². The van der Waals surface area contributed by atoms with Crippen molar-refractivity contribution in [3.63, 3.8) is 0 Å². The van der Waals surface area contributed by atoms with E-state index in [9.17, 15) is 67.7 Å². The third-order valence-corrected chi connectivity index (χ3v) is 19.8. The predicted octanol–water partition coefficient (Wildman–Crippen LogP) is 8.67. The van der Waals surface area contributed by atoms with Crippen LogP contribution < -0.4 is 10.6 Å². The molecule has 0 bridgehead atoms. The zero-order chi connectivity index (χ0) is 74.1. The second-order valence-electron chi connectivity index (χ2n) is 30.2. The Bertz CT molecular complexity index is 2820. The summed E-state index contributed by atoms with van der Waals surface area (Å²) in [4.78, 5) is 171. The molecule has 98 heavy (non-hydrogen) atoms. The molecule has 12 atom stereocenters. The van der Waals surface area contributed by atoms with E-state index >= 15 is 0 Å². The smallest absolute Gasteiger partial charge is 0.410 e. The molecule has 0 radical (unpaired) electrons. The van der Waals surface area contributed by atoms with Crippen LogP contribution in [0.15, 0.2) is 30.3 Å². The summed E-state index contributed by atoms with van der Waals surface area (Å²) in [5, 5.41) is 25.2. The monoisotopic (exact) mass is 1380 g/mol. The average Bonchev–Trinajstić information content (AvgIpc) is 1.54. The lowest BCUT2D eigenvalue weighted by Crippen LogP contribution is -2.54. The van der Waals surface area contributed by atoms with Crippen molar-refractivity contribution in [2.75, 3.05) is 68.1 Å². The molecule has 2 heterocycles. The number of ether oxygens (including phenoxy) is 3. The molecular weight excluding hydrogens is 1260 g/mol. The van der Waals surface area contributed by atoms with Crippen molar-refractivity contribution >= 4 is 70.8 Å². The Morgan fingerprint density at radius 3 is 1.92 bits per heavy atom. The molecule has 2 fully saturated rings. The van der Waals surface area contributed by atoms with Crippen LogP contribution >= 0.6 is 0 Å². The van der Waals surface area contributed by atoms with Crippen molar-refractivity contribution in [3.8, 4) is 0 Å². The fourth-order valence-electron chi connectivity index (χ4n) is 13.8. The van der Waals surface area contributed by atoms with Gasteiger partial charge in [-0.1, -0.05) is 106 Å². The molecular formula is C74H121N7O17. The Morgan fingerprint density at radius 2 is 1.37 bits per heavy atom. The average molecular weight is 1380 g/mol. The number of likely N-dealkylation sites (tertiary alicyclic amines) is 2. The third-order valence-electron chi connectivity index (χ3n) is 19.8. The number of unbranched alkanes of at least 4 members (excludes halogenated alkanes) is 2. The molecule has 0 saturated carbocycles. The maximum absolute atomic E-state index is 14.9. The number of amides is 7. The fourth-order valence-corrected chi connectivity index (χ4v) is 13.8. The molecule has 0 aliphatic carbocycles. The summed E-state index contributed by atoms with van der Waals surface area (Å²) in [6, 6.07) is 5.95. The zero-order valence-corrected chi connectivity index (χ0v) is 62.3. The van der Waals surface area contributed by atoms with Gasteiger partial charge in [-0.15, -0.1) is 0 Å². The number of carbonyl (C=O) groups excluding carboxylic acids is 10. The van der Waals surface area contributed by atoms with Crippen molar-refractivity contribution in [2.45, 2.75) is 241 Å². The van der Waals surface area contributed by atoms with E-state index in [4.69, 9.17) is 14.2 Å². The molecule has 0 aromatic heterocycles. The fraction of sp³-hybridized carbons (Fsp3) is 0.757. The maximum atomic E-state index is 14.9. The van der Waals surface area contributed by atoms with Gasteiger partial charge in [-0.2, -0.15) is 0 Å². The van der Waals surface area contributed by atoms with Gasteiger partial charge in [0.25, 0.3) is 0 Å². The summed E-state index contributed by atoms with van der Waals surface area (Å²) in [6.45, 7) is 26.2. The Hall–Kier alpha value is -6.66. The quantitative estimate of drug-likeness (QED) is 0.0351. The number of carboxylic acids is 2. The van der Waals surface area contributed by atoms with Crippen molar-refractivity contribution in [3.05, 3.63) is 35.9 Å². The molecule has 24 heteroatoms. The first-order valence-electron chi connectivity index (χ1n) is 35.5. The van der Waals surface area contributed by atoms with Gasteiger partial charge in [-0.3, -0.25) is 57.7 Å². The van der Waals surface area contributed by atoms with Gasteiger partial charge in [0.2, 0.25) is 35.4 Å². The minimum absolute atomic E-state index is 0.0111. The molecule has 1 unspecified atom stereocenters. The van der Waals surface area contributed by atoms with E-state index in [0.29, 0.717) is 51.7 Å². The maximum Gasteiger partial charge on any atom is 0.410 e. The number of ketones is 3. The number of likely N-dealkylation sites (N-methyl/N-ethyl adjacent to an activating group) is 2. The molecule has 2 aliphatic rings. The number of hydrogen-bond donors (Lipinski definition) is 4. The number of imide groups is 1. The standard InChI is InChI=1S/C74H121N7O17/c1-19-48(6)66(79(16)69(91)53(46(2)3)43-59(84)65(47(4)5)77(14)36-25-26-37-78(15)72(95)98-74(11,12)13)60(96-17)45-63(87)80-38-27-31-56(80)67(97-18)49(7)57(82)42-52(40-50-28-21-20-22-29-50)58(83)41-51(32-33-64(88)89)68(90)76-55(71(93)94)30-23-24-35-75-61(85)34-39-81-62(86)44-54(70(81)92)73(8,9)10/h20-22,28-29,46-49,51-56,60,65-67H,19,23-27,30-45H2,1-18H3,(H,75,85)(H,76,90)(H,88,89)(H,93,94)/t48-,49-,51+,52+,53-,54?,55-,56-,60+,65-,66-,67+/m0/s1. The number of rotatable bonds is 44. The van der Waals surface area contributed by atoms with E-state index in [0.717, 1.165) is 16.9 Å². The van der Waals surface area contributed by atoms with Crippen LogP contribution in [0.5, 0.6) is 0 Å². The molecule has 24 nitrogen and oxygen atoms in total. The molecule has 3 rings (SSSR count). The highest BCUT2D eigenvalue weighted by Gasteiger charge is 2.46. The molecule has 0 spiro atoms. The number of methoxy groups -OCH3 is 2. The van der Waals surface area contributed by atoms with Crippen LogP contribution in [0.2, 0.25) is 0 Å². The second-order valence-corrected chi connectivity index (χ2v) is 30.2. The van der Waals surface area contributed by atoms with E-state index < -0.39 is 125 Å². The highest BCUT2D eigenvalue weighted by molar-refractivity contribution is 6.04. The number of benzene rings is 1. The lowest BCUT2D eigenvalue weighted by atomic mass is 9.80. The van der Waals surface area contributed by atoms with Gasteiger partial charge in [0.05, 0.1) is 42.7 Å². The minimum atomic E-state index is -1.43. The van der Waals surface area contributed by atoms with Crippen LogP contribution in [-0.4, -0.2) is 216 Å². The van der Waals surface area contributed by atoms with Crippen LogP contribution in [0.4, 0.5) is 4.79 Å². The summed E-state index contributed by atoms with van der Waals surface area (Å²) in [6.07, 6.45) is 0.0584. The molecule has 4 N–H and O–H groups in total. The number of nitrogens with zero attached hydrogens (tertiary/aromatic N) is 5. The molecule has 1 aromatic rings. The number of carbonyl (C=O) groups is 12. The summed E-state index contributed by atoms with van der Waals surface area (Å²) in [5.41, 5.74) is -0.297. The van der Waals surface area contributed by atoms with Crippen molar-refractivity contribution in [1.82, 2.24) is 35.1 Å². The van der Waals surface area contributed by atoms with E-state index in [1.807, 2.05) is 95.0 Å². The normalized spacial score (nSPS) is 18.3. The number of nitrogens with one attached hydrogen (secondary N) is 2. The lowest BCUT2D eigenvalue weighted by molar-refractivity contribution is -0.149. The van der Waals surface area contributed by atoms with E-state index in [1.54, 1.807) is 66.1 Å². The Balaban J connectivity index is 1.76. The molecule has 2 saturated heterocycles. The molecule has 7 amide bonds. The van der Waals surface area contributed by atoms with Gasteiger partial charge < -0.3 is 49.8 Å². The van der Waals surface area contributed by atoms with Gasteiger partial charge in [0.1, 0.15) is 23.2 Å². The van der Waals surface area contributed by atoms with Gasteiger partial charge >= 0.3 is 18.0 Å². The SMILES string of the molecule is CC[C@H](C)[C@@H]([C@@H](CC(=O)N1CCC[C@H]1[C@H](OC)[C@@H](C)C(=O)C[C@@H](Cc1ccccc1)C(=O)C[C@@H](CCC(=O)O)C(=O)N[C@@H](CCCCNC(=O)CCN1C(=O)CC(C(C)(C)C)C1=O)C(=O)O)OC)N(C)C(=O)[C@@H](CC(=O)[C@H](C(C)C)N(C)CCCCN(C)C(=O)OC(C)(C)C)C(C)C. The molecule has 2 aliphatic heterocycles. The zero-order valence-electron chi connectivity index (χ0n) is 62.3. The summed E-state index contributed by atoms with van der Waals surface area (Å²) in [7, 11) is 8.32. The van der Waals surface area contributed by atoms with E-state index in [-0.39, 0.29) is 124 Å².